The molecule has 3 heterocycles. The molecular formula is C27H30ClN7O3S. The second kappa shape index (κ2) is 11.2. The SMILES string of the molecule is CCc1c(Oc2ccc(N3CCNCC3)cc2)nc(NS(=O)(=O)c2cnn(C)c2)nc1-c1cccc(Cl)c1C. The molecular weight excluding hydrogens is 538 g/mol. The van der Waals surface area contributed by atoms with Crippen molar-refractivity contribution in [1.29, 1.82) is 0 Å². The molecule has 0 saturated carbocycles. The Kier molecular flexibility index (Phi) is 7.74. The van der Waals surface area contributed by atoms with E-state index in [4.69, 9.17) is 16.3 Å². The number of ether oxygens (including phenoxy) is 1. The lowest BCUT2D eigenvalue weighted by molar-refractivity contribution is 0.456. The maximum Gasteiger partial charge on any atom is 0.267 e. The first-order valence-electron chi connectivity index (χ1n) is 12.7. The number of aromatic nitrogens is 4. The number of sulfonamides is 1. The number of nitrogens with zero attached hydrogens (tertiary/aromatic N) is 5. The van der Waals surface area contributed by atoms with Gasteiger partial charge in [0.15, 0.2) is 0 Å². The Morgan fingerprint density at radius 1 is 1.10 bits per heavy atom. The van der Waals surface area contributed by atoms with E-state index < -0.39 is 10.0 Å². The summed E-state index contributed by atoms with van der Waals surface area (Å²) in [6, 6.07) is 13.3. The van der Waals surface area contributed by atoms with Crippen LogP contribution >= 0.6 is 11.6 Å². The molecule has 12 heteroatoms. The lowest BCUT2D eigenvalue weighted by Crippen LogP contribution is -2.43. The Balaban J connectivity index is 1.55. The zero-order chi connectivity index (χ0) is 27.6. The van der Waals surface area contributed by atoms with Gasteiger partial charge in [0, 0.05) is 61.3 Å². The fourth-order valence-electron chi connectivity index (χ4n) is 4.48. The second-order valence-electron chi connectivity index (χ2n) is 9.23. The third kappa shape index (κ3) is 5.85. The molecule has 0 aliphatic carbocycles. The standard InChI is InChI=1S/C27H30ClN7O3S/c1-4-22-25(23-6-5-7-24(28)18(23)2)31-27(33-39(36,37)21-16-30-34(3)17-21)32-26(22)38-20-10-8-19(9-11-20)35-14-12-29-13-15-35/h5-11,16-17,29H,4,12-15H2,1-3H3,(H,31,32,33). The molecule has 39 heavy (non-hydrogen) atoms. The van der Waals surface area contributed by atoms with Crippen molar-refractivity contribution < 1.29 is 13.2 Å². The Labute approximate surface area is 233 Å². The van der Waals surface area contributed by atoms with Gasteiger partial charge in [0.2, 0.25) is 11.8 Å². The van der Waals surface area contributed by atoms with E-state index in [0.717, 1.165) is 48.6 Å². The molecule has 0 spiro atoms. The molecule has 2 aromatic heterocycles. The van der Waals surface area contributed by atoms with Gasteiger partial charge < -0.3 is 15.0 Å². The van der Waals surface area contributed by atoms with E-state index in [1.54, 1.807) is 13.1 Å². The summed E-state index contributed by atoms with van der Waals surface area (Å²) in [4.78, 5) is 11.4. The molecule has 1 aliphatic heterocycles. The molecule has 0 radical (unpaired) electrons. The van der Waals surface area contributed by atoms with Gasteiger partial charge in [-0.15, -0.1) is 0 Å². The fraction of sp³-hybridized carbons (Fsp3) is 0.296. The van der Waals surface area contributed by atoms with Crippen LogP contribution in [0, 0.1) is 6.92 Å². The summed E-state index contributed by atoms with van der Waals surface area (Å²) in [5.41, 5.74) is 3.98. The van der Waals surface area contributed by atoms with Crippen LogP contribution in [0.2, 0.25) is 5.02 Å². The normalized spacial score (nSPS) is 13.9. The van der Waals surface area contributed by atoms with Crippen molar-refractivity contribution in [1.82, 2.24) is 25.1 Å². The third-order valence-electron chi connectivity index (χ3n) is 6.60. The fourth-order valence-corrected chi connectivity index (χ4v) is 5.58. The van der Waals surface area contributed by atoms with Gasteiger partial charge >= 0.3 is 0 Å². The molecule has 2 aromatic carbocycles. The van der Waals surface area contributed by atoms with E-state index >= 15 is 0 Å². The summed E-state index contributed by atoms with van der Waals surface area (Å²) in [5, 5.41) is 7.90. The number of piperazine rings is 1. The Morgan fingerprint density at radius 2 is 1.85 bits per heavy atom. The Morgan fingerprint density at radius 3 is 2.51 bits per heavy atom. The zero-order valence-electron chi connectivity index (χ0n) is 22.0. The average Bonchev–Trinajstić information content (AvgIpc) is 3.38. The average molecular weight is 568 g/mol. The number of hydrogen-bond donors (Lipinski definition) is 2. The molecule has 204 valence electrons. The molecule has 5 rings (SSSR count). The minimum Gasteiger partial charge on any atom is -0.439 e. The summed E-state index contributed by atoms with van der Waals surface area (Å²) in [7, 11) is -2.34. The molecule has 4 aromatic rings. The molecule has 1 saturated heterocycles. The van der Waals surface area contributed by atoms with Gasteiger partial charge in [0.25, 0.3) is 10.0 Å². The van der Waals surface area contributed by atoms with Crippen molar-refractivity contribution in [2.24, 2.45) is 7.05 Å². The summed E-state index contributed by atoms with van der Waals surface area (Å²) in [6.45, 7) is 7.64. The van der Waals surface area contributed by atoms with Crippen LogP contribution in [0.3, 0.4) is 0 Å². The van der Waals surface area contributed by atoms with Gasteiger partial charge in [-0.25, -0.2) is 18.1 Å². The van der Waals surface area contributed by atoms with Gasteiger partial charge in [-0.05, 0) is 49.2 Å². The van der Waals surface area contributed by atoms with Crippen molar-refractivity contribution in [3.63, 3.8) is 0 Å². The highest BCUT2D eigenvalue weighted by Crippen LogP contribution is 2.36. The topological polar surface area (TPSA) is 114 Å². The molecule has 0 amide bonds. The molecule has 1 fully saturated rings. The third-order valence-corrected chi connectivity index (χ3v) is 8.29. The maximum atomic E-state index is 13.1. The van der Waals surface area contributed by atoms with Crippen LogP contribution < -0.4 is 19.7 Å². The molecule has 0 bridgehead atoms. The summed E-state index contributed by atoms with van der Waals surface area (Å²) < 4.78 is 36.3. The molecule has 0 atom stereocenters. The van der Waals surface area contributed by atoms with Crippen LogP contribution in [-0.2, 0) is 23.5 Å². The number of hydrogen-bond acceptors (Lipinski definition) is 8. The minimum absolute atomic E-state index is 0.000348. The second-order valence-corrected chi connectivity index (χ2v) is 11.3. The molecule has 0 unspecified atom stereocenters. The summed E-state index contributed by atoms with van der Waals surface area (Å²) >= 11 is 6.43. The highest BCUT2D eigenvalue weighted by molar-refractivity contribution is 7.92. The summed E-state index contributed by atoms with van der Waals surface area (Å²) in [6.07, 6.45) is 3.22. The minimum atomic E-state index is -3.99. The Hall–Kier alpha value is -3.67. The predicted molar refractivity (Wildman–Crippen MR) is 152 cm³/mol. The quantitative estimate of drug-likeness (QED) is 0.322. The summed E-state index contributed by atoms with van der Waals surface area (Å²) in [5.74, 6) is 0.732. The van der Waals surface area contributed by atoms with E-state index in [-0.39, 0.29) is 16.7 Å². The van der Waals surface area contributed by atoms with Crippen LogP contribution in [0.4, 0.5) is 11.6 Å². The highest BCUT2D eigenvalue weighted by Gasteiger charge is 2.23. The highest BCUT2D eigenvalue weighted by atomic mass is 35.5. The molecule has 10 nitrogen and oxygen atoms in total. The van der Waals surface area contributed by atoms with E-state index in [0.29, 0.717) is 22.9 Å². The van der Waals surface area contributed by atoms with Crippen molar-refractivity contribution in [3.8, 4) is 22.9 Å². The van der Waals surface area contributed by atoms with Crippen molar-refractivity contribution in [3.05, 3.63) is 71.0 Å². The first-order valence-corrected chi connectivity index (χ1v) is 14.5. The number of aryl methyl sites for hydroxylation is 1. The van der Waals surface area contributed by atoms with E-state index in [1.807, 2.05) is 50.2 Å². The molecule has 1 aliphatic rings. The Bertz CT molecular complexity index is 1580. The lowest BCUT2D eigenvalue weighted by atomic mass is 10.0. The monoisotopic (exact) mass is 567 g/mol. The van der Waals surface area contributed by atoms with E-state index in [9.17, 15) is 8.42 Å². The number of halogens is 1. The number of rotatable bonds is 8. The van der Waals surface area contributed by atoms with Crippen LogP contribution in [0.5, 0.6) is 11.6 Å². The van der Waals surface area contributed by atoms with Gasteiger partial charge in [-0.1, -0.05) is 30.7 Å². The van der Waals surface area contributed by atoms with E-state index in [1.165, 1.54) is 17.1 Å². The van der Waals surface area contributed by atoms with Crippen molar-refractivity contribution in [2.75, 3.05) is 35.8 Å². The lowest BCUT2D eigenvalue weighted by Gasteiger charge is -2.29. The van der Waals surface area contributed by atoms with Gasteiger partial charge in [-0.3, -0.25) is 4.68 Å². The van der Waals surface area contributed by atoms with Crippen LogP contribution in [0.15, 0.2) is 59.8 Å². The van der Waals surface area contributed by atoms with E-state index in [2.05, 4.69) is 30.0 Å². The van der Waals surface area contributed by atoms with Crippen molar-refractivity contribution in [2.45, 2.75) is 25.2 Å². The smallest absolute Gasteiger partial charge is 0.267 e. The van der Waals surface area contributed by atoms with Gasteiger partial charge in [0.1, 0.15) is 10.6 Å². The number of nitrogens with one attached hydrogen (secondary N) is 2. The number of benzene rings is 2. The number of anilines is 2. The largest absolute Gasteiger partial charge is 0.439 e. The first-order chi connectivity index (χ1) is 18.7. The van der Waals surface area contributed by atoms with Crippen LogP contribution in [0.25, 0.3) is 11.3 Å². The van der Waals surface area contributed by atoms with Crippen LogP contribution in [0.1, 0.15) is 18.1 Å². The predicted octanol–water partition coefficient (Wildman–Crippen LogP) is 4.40. The van der Waals surface area contributed by atoms with Crippen LogP contribution in [-0.4, -0.2) is 54.3 Å². The van der Waals surface area contributed by atoms with Crippen molar-refractivity contribution >= 4 is 33.3 Å². The zero-order valence-corrected chi connectivity index (χ0v) is 23.6. The van der Waals surface area contributed by atoms with Gasteiger partial charge in [0.05, 0.1) is 11.9 Å². The maximum absolute atomic E-state index is 13.1. The van der Waals surface area contributed by atoms with Gasteiger partial charge in [-0.2, -0.15) is 10.1 Å². The molecule has 2 N–H and O–H groups in total. The first kappa shape index (κ1) is 26.9.